The van der Waals surface area contributed by atoms with Gasteiger partial charge in [-0.15, -0.1) is 0 Å². The Bertz CT molecular complexity index is 3240. The van der Waals surface area contributed by atoms with Crippen molar-refractivity contribution in [3.8, 4) is 0 Å². The highest BCUT2D eigenvalue weighted by atomic mass is 16.8. The molecule has 42 atom stereocenters. The van der Waals surface area contributed by atoms with Crippen molar-refractivity contribution < 1.29 is 232 Å². The fourth-order valence-electron chi connectivity index (χ4n) is 14.8. The molecule has 52 heteroatoms. The molecule has 0 aromatic rings. The van der Waals surface area contributed by atoms with Crippen molar-refractivity contribution in [1.82, 2.24) is 26.6 Å². The van der Waals surface area contributed by atoms with Gasteiger partial charge < -0.3 is 225 Å². The third kappa shape index (κ3) is 21.3. The number of nitrogens with one attached hydrogen (secondary N) is 5. The number of aliphatic carboxylic acids is 2. The molecule has 5 amide bonds. The molecule has 30 N–H and O–H groups in total. The van der Waals surface area contributed by atoms with Crippen LogP contribution in [0, 0.1) is 0 Å². The van der Waals surface area contributed by atoms with Gasteiger partial charge in [-0.3, -0.25) is 24.0 Å². The van der Waals surface area contributed by atoms with E-state index in [0.29, 0.717) is 0 Å². The molecule has 52 nitrogen and oxygen atoms in total. The lowest BCUT2D eigenvalue weighted by Crippen LogP contribution is -2.71. The van der Waals surface area contributed by atoms with Crippen LogP contribution in [-0.4, -0.2) is 479 Å². The fourth-order valence-corrected chi connectivity index (χ4v) is 14.8. The Morgan fingerprint density at radius 3 is 1.01 bits per heavy atom. The molecular weight excluding hydrogens is 1590 g/mol. The van der Waals surface area contributed by atoms with Gasteiger partial charge >= 0.3 is 11.9 Å². The number of carboxylic acids is 2. The Hall–Kier alpha value is -5.23. The molecule has 0 aromatic carbocycles. The number of aliphatic hydroxyl groups is 23. The van der Waals surface area contributed by atoms with Gasteiger partial charge in [0.05, 0.1) is 77.1 Å². The van der Waals surface area contributed by atoms with Gasteiger partial charge in [-0.1, -0.05) is 0 Å². The van der Waals surface area contributed by atoms with Crippen LogP contribution >= 0.6 is 0 Å². The van der Waals surface area contributed by atoms with E-state index in [4.69, 9.17) is 71.1 Å². The Kier molecular flexibility index (Phi) is 34.1. The highest BCUT2D eigenvalue weighted by Gasteiger charge is 2.64. The number of carboxylic acid groups (broad SMARTS) is 2. The molecule has 8 aliphatic rings. The topological polar surface area (TPSA) is 824 Å². The molecule has 0 bridgehead atoms. The van der Waals surface area contributed by atoms with Gasteiger partial charge in [0, 0.05) is 47.5 Å². The van der Waals surface area contributed by atoms with Crippen LogP contribution in [0.4, 0.5) is 0 Å². The van der Waals surface area contributed by atoms with Gasteiger partial charge in [-0.05, 0) is 0 Å². The number of carbonyl (C=O) groups excluding carboxylic acids is 5. The molecule has 8 heterocycles. The summed E-state index contributed by atoms with van der Waals surface area (Å²) in [4.78, 5) is 89.1. The molecule has 8 rings (SSSR count). The summed E-state index contributed by atoms with van der Waals surface area (Å²) in [6.45, 7) is -4.62. The Morgan fingerprint density at radius 2 is 0.655 bits per heavy atom. The second-order valence-electron chi connectivity index (χ2n) is 28.9. The lowest BCUT2D eigenvalue weighted by molar-refractivity contribution is -0.389. The minimum atomic E-state index is -3.27. The third-order valence-corrected chi connectivity index (χ3v) is 20.6. The first-order chi connectivity index (χ1) is 54.5. The zero-order valence-corrected chi connectivity index (χ0v) is 62.3. The molecule has 0 aromatic heterocycles. The van der Waals surface area contributed by atoms with Crippen molar-refractivity contribution in [2.75, 3.05) is 52.9 Å². The number of hydrogen-bond donors (Lipinski definition) is 30. The first-order valence-electron chi connectivity index (χ1n) is 36.4. The summed E-state index contributed by atoms with van der Waals surface area (Å²) in [5.74, 6) is -15.4. The largest absolute Gasteiger partial charge is 0.477 e. The Morgan fingerprint density at radius 1 is 0.353 bits per heavy atom. The second-order valence-corrected chi connectivity index (χ2v) is 28.9. The molecule has 0 aliphatic carbocycles. The highest BCUT2D eigenvalue weighted by molar-refractivity contribution is 5.78. The zero-order chi connectivity index (χ0) is 86.3. The van der Waals surface area contributed by atoms with E-state index in [1.807, 2.05) is 0 Å². The van der Waals surface area contributed by atoms with Crippen LogP contribution in [0.2, 0.25) is 0 Å². The van der Waals surface area contributed by atoms with Crippen molar-refractivity contribution in [2.45, 2.75) is 304 Å². The maximum Gasteiger partial charge on any atom is 0.364 e. The summed E-state index contributed by atoms with van der Waals surface area (Å²) < 4.78 is 87.1. The second kappa shape index (κ2) is 41.1. The molecule has 1 unspecified atom stereocenters. The molecule has 8 aliphatic heterocycles. The molecule has 0 radical (unpaired) electrons. The van der Waals surface area contributed by atoms with E-state index in [9.17, 15) is 161 Å². The number of aliphatic hydroxyl groups excluding tert-OH is 23. The molecule has 668 valence electrons. The predicted molar refractivity (Wildman–Crippen MR) is 357 cm³/mol. The van der Waals surface area contributed by atoms with Crippen molar-refractivity contribution in [2.24, 2.45) is 0 Å². The van der Waals surface area contributed by atoms with Crippen molar-refractivity contribution in [3.05, 3.63) is 0 Å². The molecular formula is C64H105N5O47. The van der Waals surface area contributed by atoms with Gasteiger partial charge in [0.2, 0.25) is 29.5 Å². The smallest absolute Gasteiger partial charge is 0.364 e. The van der Waals surface area contributed by atoms with E-state index in [2.05, 4.69) is 26.6 Å². The summed E-state index contributed by atoms with van der Waals surface area (Å²) in [5.41, 5.74) is 0. The first-order valence-corrected chi connectivity index (χ1v) is 36.4. The van der Waals surface area contributed by atoms with Crippen molar-refractivity contribution in [3.63, 3.8) is 0 Å². The standard InChI is InChI=1S/C64H105N5O47/c1-16(77)65-31-21(82)6-63(61(98)99,113-50(31)36(86)23(84)8-70)115-53-39(89)26(11-73)105-59(45(53)95)110-48-29(14-76)108-57(34(43(48)93)68-19(4)80)112-52-38(88)25(10-72)104-58(44(52)94)109-47-28(13-75)107-56(33(42(47)92)67-18(3)79)102-15-30-41(91)49(35(55(97)103-30)69-20(5)81)111-60-46(96)54(40(90)27(12-74)106-60)116-64(62(100)101)7-22(83)32(66-17(2)78)51(114-64)37(87)24(85)9-71/h21-60,70-76,82-97H,6-15H2,1-5H3,(H,65,77)(H,66,78)(H,67,79)(H,68,80)(H,69,81)(H,98,99)(H,100,101)/t21-,22-,23+,24+,25+,26+,27+,28+,29+,30+,31+,32+,33+,34+,35+,36+,37+,38-,39-,40-,41-,42+,43+,44+,45+,46+,47+,48+,49+,50+,51+,52-,53-,54-,55?,56+,57-,58-,59-,60-,63-,64-/m0/s1. The maximum atomic E-state index is 13.2. The minimum absolute atomic E-state index is 0.862. The minimum Gasteiger partial charge on any atom is -0.477 e. The normalized spacial score (nSPS) is 44.6. The average molecular weight is 1700 g/mol. The monoisotopic (exact) mass is 1700 g/mol. The SMILES string of the molecule is CC(=O)N[C@H]1[C@H](OC[C@H]2OC(O)[C@H](NC(C)=O)[C@@H](O[C@@H]3O[C@H](CO)[C@H](O)[C@H](O[C@]4(C(=O)O)C[C@H](O)[C@@H](NC(C)=O)[C@H]([C@H](O)[C@H](O)CO)O4)[C@H]3O)[C@H]2O)O[C@H](CO)[C@@H](O[C@@H]2O[C@H](CO)[C@H](O)[C@H](O[C@@H]3O[C@H](CO)[C@@H](O[C@@H]4O[C@H](CO)[C@H](O)[C@H](O[C@]5(C(=O)O)C[C@H](O)[C@@H](NC(C)=O)[C@H]([C@H](O)[C@H](O)CO)O5)[C@H]4O)[C@H](O)[C@H]3NC(C)=O)[C@H]2O)[C@@H]1O. The lowest BCUT2D eigenvalue weighted by Gasteiger charge is -2.51. The Balaban J connectivity index is 0.986. The lowest BCUT2D eigenvalue weighted by atomic mass is 9.88. The maximum absolute atomic E-state index is 13.2. The Labute approximate surface area is 655 Å². The van der Waals surface area contributed by atoms with Crippen molar-refractivity contribution in [1.29, 1.82) is 0 Å². The average Bonchev–Trinajstić information content (AvgIpc) is 0.749. The van der Waals surface area contributed by atoms with Gasteiger partial charge in [-0.25, -0.2) is 9.59 Å². The van der Waals surface area contributed by atoms with E-state index in [0.717, 1.165) is 34.6 Å². The van der Waals surface area contributed by atoms with E-state index in [1.54, 1.807) is 0 Å². The number of ether oxygens (including phenoxy) is 15. The number of carbonyl (C=O) groups is 7. The summed E-state index contributed by atoms with van der Waals surface area (Å²) >= 11 is 0. The summed E-state index contributed by atoms with van der Waals surface area (Å²) in [7, 11) is 0. The molecule has 0 saturated carbocycles. The van der Waals surface area contributed by atoms with E-state index in [-0.39, 0.29) is 0 Å². The van der Waals surface area contributed by atoms with Gasteiger partial charge in [0.25, 0.3) is 11.6 Å². The van der Waals surface area contributed by atoms with E-state index in [1.165, 1.54) is 0 Å². The number of amides is 5. The van der Waals surface area contributed by atoms with Gasteiger partial charge in [0.1, 0.15) is 183 Å². The summed E-state index contributed by atoms with van der Waals surface area (Å²) in [6.07, 6.45) is -78.4. The van der Waals surface area contributed by atoms with Gasteiger partial charge in [0.15, 0.2) is 37.7 Å². The fraction of sp³-hybridized carbons (Fsp3) is 0.891. The van der Waals surface area contributed by atoms with Crippen LogP contribution in [-0.2, 0) is 105 Å². The summed E-state index contributed by atoms with van der Waals surface area (Å²) in [6, 6.07) is -9.20. The molecule has 8 saturated heterocycles. The van der Waals surface area contributed by atoms with E-state index < -0.39 is 364 Å². The van der Waals surface area contributed by atoms with E-state index >= 15 is 0 Å². The van der Waals surface area contributed by atoms with Crippen molar-refractivity contribution >= 4 is 41.5 Å². The zero-order valence-electron chi connectivity index (χ0n) is 62.3. The van der Waals surface area contributed by atoms with Gasteiger partial charge in [-0.2, -0.15) is 0 Å². The van der Waals surface area contributed by atoms with Crippen LogP contribution in [0.15, 0.2) is 0 Å². The quantitative estimate of drug-likeness (QED) is 0.0290. The van der Waals surface area contributed by atoms with Crippen LogP contribution in [0.1, 0.15) is 47.5 Å². The molecule has 116 heavy (non-hydrogen) atoms. The van der Waals surface area contributed by atoms with Crippen LogP contribution in [0.25, 0.3) is 0 Å². The first kappa shape index (κ1) is 96.2. The summed E-state index contributed by atoms with van der Waals surface area (Å²) in [5, 5.41) is 288. The number of hydrogen-bond acceptors (Lipinski definition) is 45. The van der Waals surface area contributed by atoms with Crippen LogP contribution < -0.4 is 26.6 Å². The molecule has 0 spiro atoms. The number of rotatable bonds is 33. The molecule has 8 fully saturated rings. The van der Waals surface area contributed by atoms with Crippen LogP contribution in [0.5, 0.6) is 0 Å². The highest BCUT2D eigenvalue weighted by Crippen LogP contribution is 2.43. The predicted octanol–water partition coefficient (Wildman–Crippen LogP) is -19.3. The third-order valence-electron chi connectivity index (χ3n) is 20.6. The van der Waals surface area contributed by atoms with Crippen LogP contribution in [0.3, 0.4) is 0 Å².